The third-order valence-electron chi connectivity index (χ3n) is 4.13. The molecule has 0 radical (unpaired) electrons. The zero-order chi connectivity index (χ0) is 15.5. The molecule has 0 saturated carbocycles. The van der Waals surface area contributed by atoms with Gasteiger partial charge in [-0.25, -0.2) is 4.39 Å². The molecule has 0 aliphatic carbocycles. The fourth-order valence-corrected chi connectivity index (χ4v) is 3.14. The zero-order valence-corrected chi connectivity index (χ0v) is 12.1. The number of benzene rings is 2. The van der Waals surface area contributed by atoms with Crippen molar-refractivity contribution in [3.8, 4) is 0 Å². The topological polar surface area (TPSA) is 46.4 Å². The van der Waals surface area contributed by atoms with Crippen molar-refractivity contribution in [2.24, 2.45) is 0 Å². The van der Waals surface area contributed by atoms with Crippen LogP contribution in [0.1, 0.15) is 18.4 Å². The van der Waals surface area contributed by atoms with Crippen molar-refractivity contribution in [3.05, 3.63) is 70.0 Å². The first-order valence-electron chi connectivity index (χ1n) is 7.39. The molecule has 0 aromatic heterocycles. The van der Waals surface area contributed by atoms with Gasteiger partial charge in [0.2, 0.25) is 0 Å². The van der Waals surface area contributed by atoms with E-state index in [1.165, 1.54) is 17.7 Å². The molecule has 3 rings (SSSR count). The van der Waals surface area contributed by atoms with Gasteiger partial charge in [0, 0.05) is 12.6 Å². The second-order valence-electron chi connectivity index (χ2n) is 5.57. The lowest BCUT2D eigenvalue weighted by Gasteiger charge is -2.26. The van der Waals surface area contributed by atoms with Gasteiger partial charge < -0.3 is 4.90 Å². The normalized spacial score (nSPS) is 17.7. The number of hydrogen-bond acceptors (Lipinski definition) is 3. The van der Waals surface area contributed by atoms with E-state index in [-0.39, 0.29) is 11.7 Å². The van der Waals surface area contributed by atoms with Gasteiger partial charge in [-0.3, -0.25) is 10.1 Å². The zero-order valence-electron chi connectivity index (χ0n) is 12.1. The Labute approximate surface area is 128 Å². The summed E-state index contributed by atoms with van der Waals surface area (Å²) in [6.45, 7) is 0.768. The van der Waals surface area contributed by atoms with E-state index in [9.17, 15) is 14.5 Å². The molecule has 0 N–H and O–H groups in total. The smallest absolute Gasteiger partial charge is 0.295 e. The number of nitro benzene ring substituents is 1. The minimum Gasteiger partial charge on any atom is -0.363 e. The van der Waals surface area contributed by atoms with E-state index in [0.717, 1.165) is 31.9 Å². The van der Waals surface area contributed by atoms with Crippen molar-refractivity contribution >= 4 is 11.4 Å². The third-order valence-corrected chi connectivity index (χ3v) is 4.13. The van der Waals surface area contributed by atoms with Gasteiger partial charge in [-0.15, -0.1) is 0 Å². The molecule has 0 spiro atoms. The van der Waals surface area contributed by atoms with Crippen LogP contribution in [0.15, 0.2) is 48.5 Å². The summed E-state index contributed by atoms with van der Waals surface area (Å²) in [7, 11) is 0. The Balaban J connectivity index is 1.89. The van der Waals surface area contributed by atoms with E-state index >= 15 is 0 Å². The minimum atomic E-state index is -0.575. The number of halogens is 1. The summed E-state index contributed by atoms with van der Waals surface area (Å²) in [4.78, 5) is 12.8. The molecule has 1 fully saturated rings. The Morgan fingerprint density at radius 3 is 2.73 bits per heavy atom. The summed E-state index contributed by atoms with van der Waals surface area (Å²) < 4.78 is 13.3. The van der Waals surface area contributed by atoms with E-state index in [2.05, 4.69) is 12.1 Å². The van der Waals surface area contributed by atoms with Crippen LogP contribution in [-0.2, 0) is 6.42 Å². The summed E-state index contributed by atoms with van der Waals surface area (Å²) in [6, 6.07) is 14.1. The molecule has 2 aromatic carbocycles. The van der Waals surface area contributed by atoms with Crippen LogP contribution in [0.25, 0.3) is 0 Å². The maximum atomic E-state index is 13.3. The highest BCUT2D eigenvalue weighted by Crippen LogP contribution is 2.35. The Bertz CT molecular complexity index is 676. The van der Waals surface area contributed by atoms with Crippen LogP contribution >= 0.6 is 0 Å². The largest absolute Gasteiger partial charge is 0.363 e. The molecule has 1 unspecified atom stereocenters. The fraction of sp³-hybridized carbons (Fsp3) is 0.294. The summed E-state index contributed by atoms with van der Waals surface area (Å²) in [5.74, 6) is -0.575. The highest BCUT2D eigenvalue weighted by molar-refractivity contribution is 5.64. The van der Waals surface area contributed by atoms with Gasteiger partial charge in [-0.05, 0) is 37.0 Å². The highest BCUT2D eigenvalue weighted by Gasteiger charge is 2.30. The summed E-state index contributed by atoms with van der Waals surface area (Å²) in [5, 5.41) is 11.2. The summed E-state index contributed by atoms with van der Waals surface area (Å²) >= 11 is 0. The molecular weight excluding hydrogens is 283 g/mol. The van der Waals surface area contributed by atoms with Crippen LogP contribution < -0.4 is 4.90 Å². The average molecular weight is 300 g/mol. The van der Waals surface area contributed by atoms with Crippen molar-refractivity contribution in [2.75, 3.05) is 11.4 Å². The lowest BCUT2D eigenvalue weighted by atomic mass is 10.0. The Morgan fingerprint density at radius 1 is 1.23 bits per heavy atom. The fourth-order valence-electron chi connectivity index (χ4n) is 3.14. The maximum absolute atomic E-state index is 13.3. The molecule has 4 nitrogen and oxygen atoms in total. The van der Waals surface area contributed by atoms with Crippen molar-refractivity contribution < 1.29 is 9.31 Å². The van der Waals surface area contributed by atoms with Crippen LogP contribution in [0.2, 0.25) is 0 Å². The van der Waals surface area contributed by atoms with Gasteiger partial charge in [0.1, 0.15) is 11.5 Å². The molecule has 114 valence electrons. The molecule has 1 heterocycles. The Morgan fingerprint density at radius 2 is 2.00 bits per heavy atom. The molecule has 1 aliphatic rings. The van der Waals surface area contributed by atoms with Gasteiger partial charge in [-0.1, -0.05) is 30.3 Å². The van der Waals surface area contributed by atoms with E-state index in [0.29, 0.717) is 5.69 Å². The molecule has 1 aliphatic heterocycles. The van der Waals surface area contributed by atoms with E-state index < -0.39 is 10.7 Å². The van der Waals surface area contributed by atoms with Crippen molar-refractivity contribution in [3.63, 3.8) is 0 Å². The predicted molar refractivity (Wildman–Crippen MR) is 83.6 cm³/mol. The minimum absolute atomic E-state index is 0.153. The van der Waals surface area contributed by atoms with Gasteiger partial charge in [0.05, 0.1) is 11.0 Å². The van der Waals surface area contributed by atoms with Gasteiger partial charge >= 0.3 is 0 Å². The number of hydrogen-bond donors (Lipinski definition) is 0. The number of anilines is 1. The van der Waals surface area contributed by atoms with E-state index in [1.54, 1.807) is 0 Å². The molecule has 22 heavy (non-hydrogen) atoms. The van der Waals surface area contributed by atoms with Crippen LogP contribution in [-0.4, -0.2) is 17.5 Å². The van der Waals surface area contributed by atoms with Crippen LogP contribution in [0.5, 0.6) is 0 Å². The quantitative estimate of drug-likeness (QED) is 0.634. The molecule has 0 amide bonds. The van der Waals surface area contributed by atoms with Crippen LogP contribution in [0.3, 0.4) is 0 Å². The maximum Gasteiger partial charge on any atom is 0.295 e. The first-order chi connectivity index (χ1) is 10.6. The molecule has 2 aromatic rings. The lowest BCUT2D eigenvalue weighted by Crippen LogP contribution is -2.31. The standard InChI is InChI=1S/C17H17FN2O2/c18-14-8-9-16(17(12-14)20(21)22)19-10-4-7-15(19)11-13-5-2-1-3-6-13/h1-3,5-6,8-9,12,15H,4,7,10-11H2. The van der Waals surface area contributed by atoms with Crippen LogP contribution in [0, 0.1) is 15.9 Å². The highest BCUT2D eigenvalue weighted by atomic mass is 19.1. The molecule has 5 heteroatoms. The first-order valence-corrected chi connectivity index (χ1v) is 7.39. The SMILES string of the molecule is O=[N+]([O-])c1cc(F)ccc1N1CCCC1Cc1ccccc1. The molecular formula is C17H17FN2O2. The van der Waals surface area contributed by atoms with Crippen molar-refractivity contribution in [2.45, 2.75) is 25.3 Å². The van der Waals surface area contributed by atoms with Gasteiger partial charge in [-0.2, -0.15) is 0 Å². The third kappa shape index (κ3) is 2.93. The average Bonchev–Trinajstić information content (AvgIpc) is 2.96. The van der Waals surface area contributed by atoms with E-state index in [4.69, 9.17) is 0 Å². The monoisotopic (exact) mass is 300 g/mol. The first kappa shape index (κ1) is 14.5. The second-order valence-corrected chi connectivity index (χ2v) is 5.57. The van der Waals surface area contributed by atoms with Crippen LogP contribution in [0.4, 0.5) is 15.8 Å². The van der Waals surface area contributed by atoms with E-state index in [1.807, 2.05) is 23.1 Å². The number of rotatable bonds is 4. The van der Waals surface area contributed by atoms with Gasteiger partial charge in [0.25, 0.3) is 5.69 Å². The van der Waals surface area contributed by atoms with Crippen molar-refractivity contribution in [1.82, 2.24) is 0 Å². The molecule has 1 saturated heterocycles. The number of nitro groups is 1. The summed E-state index contributed by atoms with van der Waals surface area (Å²) in [5.41, 5.74) is 1.58. The molecule has 1 atom stereocenters. The second kappa shape index (κ2) is 6.13. The predicted octanol–water partition coefficient (Wildman–Crippen LogP) is 3.95. The Kier molecular flexibility index (Phi) is 4.04. The van der Waals surface area contributed by atoms with Crippen molar-refractivity contribution in [1.29, 1.82) is 0 Å². The lowest BCUT2D eigenvalue weighted by molar-refractivity contribution is -0.384. The molecule has 0 bridgehead atoms. The Hall–Kier alpha value is -2.43. The number of nitrogens with zero attached hydrogens (tertiary/aromatic N) is 2. The van der Waals surface area contributed by atoms with Gasteiger partial charge in [0.15, 0.2) is 0 Å². The summed E-state index contributed by atoms with van der Waals surface area (Å²) in [6.07, 6.45) is 2.82.